The summed E-state index contributed by atoms with van der Waals surface area (Å²) >= 11 is 0. The number of hydrogen-bond donors (Lipinski definition) is 2. The predicted molar refractivity (Wildman–Crippen MR) is 119 cm³/mol. The maximum Gasteiger partial charge on any atom is 0.326 e. The molecule has 3 aromatic carbocycles. The zero-order valence-electron chi connectivity index (χ0n) is 17.4. The van der Waals surface area contributed by atoms with Crippen molar-refractivity contribution in [2.24, 2.45) is 0 Å². The quantitative estimate of drug-likeness (QED) is 0.571. The van der Waals surface area contributed by atoms with Crippen molar-refractivity contribution in [3.8, 4) is 0 Å². The average molecular weight is 416 g/mol. The Hall–Kier alpha value is -3.93. The highest BCUT2D eigenvalue weighted by Crippen LogP contribution is 2.22. The van der Waals surface area contributed by atoms with Gasteiger partial charge in [0.05, 0.1) is 0 Å². The number of amides is 2. The smallest absolute Gasteiger partial charge is 0.326 e. The Morgan fingerprint density at radius 2 is 1.52 bits per heavy atom. The van der Waals surface area contributed by atoms with E-state index in [9.17, 15) is 14.4 Å². The van der Waals surface area contributed by atoms with Gasteiger partial charge in [0.2, 0.25) is 6.10 Å². The summed E-state index contributed by atoms with van der Waals surface area (Å²) in [5, 5.41) is 5.36. The zero-order valence-corrected chi connectivity index (χ0v) is 17.4. The van der Waals surface area contributed by atoms with E-state index >= 15 is 0 Å². The van der Waals surface area contributed by atoms with Crippen molar-refractivity contribution in [1.29, 1.82) is 0 Å². The van der Waals surface area contributed by atoms with Gasteiger partial charge in [-0.25, -0.2) is 0 Å². The number of hydrogen-bond acceptors (Lipinski definition) is 4. The lowest BCUT2D eigenvalue weighted by molar-refractivity contribution is -0.153. The summed E-state index contributed by atoms with van der Waals surface area (Å²) in [6, 6.07) is 23.0. The van der Waals surface area contributed by atoms with Gasteiger partial charge in [0.15, 0.2) is 0 Å². The van der Waals surface area contributed by atoms with Crippen molar-refractivity contribution in [3.05, 3.63) is 101 Å². The van der Waals surface area contributed by atoms with Crippen LogP contribution in [0.3, 0.4) is 0 Å². The third-order valence-electron chi connectivity index (χ3n) is 4.67. The van der Waals surface area contributed by atoms with E-state index in [0.29, 0.717) is 16.8 Å². The van der Waals surface area contributed by atoms with E-state index in [1.165, 1.54) is 0 Å². The highest BCUT2D eigenvalue weighted by molar-refractivity contribution is 5.98. The van der Waals surface area contributed by atoms with Crippen LogP contribution in [0, 0.1) is 13.8 Å². The minimum Gasteiger partial charge on any atom is -0.446 e. The molecule has 0 heterocycles. The summed E-state index contributed by atoms with van der Waals surface area (Å²) in [6.07, 6.45) is -1.15. The summed E-state index contributed by atoms with van der Waals surface area (Å²) in [6.45, 7) is 3.46. The molecule has 0 aliphatic rings. The molecule has 0 aromatic heterocycles. The molecule has 2 N–H and O–H groups in total. The molecule has 31 heavy (non-hydrogen) atoms. The molecular formula is C25H24N2O4. The number of anilines is 1. The Balaban J connectivity index is 1.70. The van der Waals surface area contributed by atoms with Crippen LogP contribution in [0.25, 0.3) is 0 Å². The Morgan fingerprint density at radius 3 is 2.19 bits per heavy atom. The normalized spacial score (nSPS) is 11.3. The van der Waals surface area contributed by atoms with Crippen LogP contribution in [-0.2, 0) is 14.3 Å². The van der Waals surface area contributed by atoms with Gasteiger partial charge in [0.1, 0.15) is 6.54 Å². The molecule has 0 aliphatic heterocycles. The Kier molecular flexibility index (Phi) is 7.17. The van der Waals surface area contributed by atoms with Gasteiger partial charge < -0.3 is 15.4 Å². The maximum atomic E-state index is 13.0. The fourth-order valence-corrected chi connectivity index (χ4v) is 2.99. The highest BCUT2D eigenvalue weighted by Gasteiger charge is 2.25. The molecule has 0 saturated heterocycles. The summed E-state index contributed by atoms with van der Waals surface area (Å²) in [5.41, 5.74) is 3.51. The van der Waals surface area contributed by atoms with Gasteiger partial charge in [-0.15, -0.1) is 0 Å². The van der Waals surface area contributed by atoms with Crippen LogP contribution in [0.5, 0.6) is 0 Å². The summed E-state index contributed by atoms with van der Waals surface area (Å²) in [4.78, 5) is 37.6. The third-order valence-corrected chi connectivity index (χ3v) is 4.67. The van der Waals surface area contributed by atoms with E-state index in [-0.39, 0.29) is 6.54 Å². The second-order valence-corrected chi connectivity index (χ2v) is 7.14. The fourth-order valence-electron chi connectivity index (χ4n) is 2.99. The van der Waals surface area contributed by atoms with Crippen molar-refractivity contribution in [1.82, 2.24) is 5.32 Å². The van der Waals surface area contributed by atoms with Crippen LogP contribution in [-0.4, -0.2) is 24.3 Å². The van der Waals surface area contributed by atoms with Crippen LogP contribution >= 0.6 is 0 Å². The van der Waals surface area contributed by atoms with E-state index in [2.05, 4.69) is 10.6 Å². The molecule has 0 spiro atoms. The minimum absolute atomic E-state index is 0.353. The zero-order chi connectivity index (χ0) is 22.2. The number of ether oxygens (including phenoxy) is 1. The van der Waals surface area contributed by atoms with Gasteiger partial charge in [-0.1, -0.05) is 60.7 Å². The Labute approximate surface area is 181 Å². The van der Waals surface area contributed by atoms with Crippen LogP contribution in [0.15, 0.2) is 78.9 Å². The SMILES string of the molecule is Cc1ccc(C)c(NC(=O)[C@@H](OC(=O)CNC(=O)c2ccccc2)c2ccccc2)c1. The highest BCUT2D eigenvalue weighted by atomic mass is 16.5. The van der Waals surface area contributed by atoms with E-state index in [0.717, 1.165) is 11.1 Å². The number of benzene rings is 3. The van der Waals surface area contributed by atoms with Gasteiger partial charge >= 0.3 is 5.97 Å². The van der Waals surface area contributed by atoms with Crippen molar-refractivity contribution in [2.45, 2.75) is 20.0 Å². The first-order valence-electron chi connectivity index (χ1n) is 9.90. The minimum atomic E-state index is -1.15. The van der Waals surface area contributed by atoms with E-state index < -0.39 is 23.9 Å². The lowest BCUT2D eigenvalue weighted by Gasteiger charge is -2.19. The van der Waals surface area contributed by atoms with Gasteiger partial charge in [0.25, 0.3) is 11.8 Å². The van der Waals surface area contributed by atoms with Crippen LogP contribution < -0.4 is 10.6 Å². The van der Waals surface area contributed by atoms with Crippen molar-refractivity contribution in [2.75, 3.05) is 11.9 Å². The van der Waals surface area contributed by atoms with Gasteiger partial charge in [-0.3, -0.25) is 14.4 Å². The molecule has 0 saturated carbocycles. The van der Waals surface area contributed by atoms with Gasteiger partial charge in [0, 0.05) is 16.8 Å². The average Bonchev–Trinajstić information content (AvgIpc) is 2.79. The third kappa shape index (κ3) is 6.02. The molecule has 3 rings (SSSR count). The second-order valence-electron chi connectivity index (χ2n) is 7.14. The van der Waals surface area contributed by atoms with Crippen LogP contribution in [0.1, 0.15) is 33.2 Å². The number of nitrogens with one attached hydrogen (secondary N) is 2. The monoisotopic (exact) mass is 416 g/mol. The number of rotatable bonds is 7. The van der Waals surface area contributed by atoms with E-state index in [1.54, 1.807) is 54.6 Å². The summed E-state index contributed by atoms with van der Waals surface area (Å²) in [5.74, 6) is -1.58. The number of carbonyl (C=O) groups is 3. The maximum absolute atomic E-state index is 13.0. The Morgan fingerprint density at radius 1 is 0.871 bits per heavy atom. The summed E-state index contributed by atoms with van der Waals surface area (Å²) < 4.78 is 5.46. The first-order chi connectivity index (χ1) is 14.9. The summed E-state index contributed by atoms with van der Waals surface area (Å²) in [7, 11) is 0. The number of aryl methyl sites for hydroxylation is 2. The first-order valence-corrected chi connectivity index (χ1v) is 9.90. The molecule has 2 amide bonds. The van der Waals surface area contributed by atoms with E-state index in [4.69, 9.17) is 4.74 Å². The molecule has 1 atom stereocenters. The van der Waals surface area contributed by atoms with E-state index in [1.807, 2.05) is 38.1 Å². The molecule has 0 radical (unpaired) electrons. The van der Waals surface area contributed by atoms with Crippen molar-refractivity contribution in [3.63, 3.8) is 0 Å². The topological polar surface area (TPSA) is 84.5 Å². The molecule has 0 aliphatic carbocycles. The molecule has 6 nitrogen and oxygen atoms in total. The standard InChI is InChI=1S/C25H24N2O4/c1-17-13-14-18(2)21(15-17)27-25(30)23(19-9-5-3-6-10-19)31-22(28)16-26-24(29)20-11-7-4-8-12-20/h3-15,23H,16H2,1-2H3,(H,26,29)(H,27,30)/t23-/m0/s1. The first kappa shape index (κ1) is 21.8. The largest absolute Gasteiger partial charge is 0.446 e. The Bertz CT molecular complexity index is 1070. The van der Waals surface area contributed by atoms with Crippen molar-refractivity contribution >= 4 is 23.5 Å². The van der Waals surface area contributed by atoms with Gasteiger partial charge in [-0.05, 0) is 43.2 Å². The van der Waals surface area contributed by atoms with Crippen LogP contribution in [0.2, 0.25) is 0 Å². The number of esters is 1. The number of carbonyl (C=O) groups excluding carboxylic acids is 3. The van der Waals surface area contributed by atoms with Gasteiger partial charge in [-0.2, -0.15) is 0 Å². The molecule has 0 unspecified atom stereocenters. The lowest BCUT2D eigenvalue weighted by atomic mass is 10.1. The molecule has 0 bridgehead atoms. The second kappa shape index (κ2) is 10.2. The molecule has 3 aromatic rings. The molecule has 0 fully saturated rings. The molecule has 6 heteroatoms. The van der Waals surface area contributed by atoms with Crippen molar-refractivity contribution < 1.29 is 19.1 Å². The predicted octanol–water partition coefficient (Wildman–Crippen LogP) is 3.96. The van der Waals surface area contributed by atoms with Crippen LogP contribution in [0.4, 0.5) is 5.69 Å². The molecular weight excluding hydrogens is 392 g/mol. The fraction of sp³-hybridized carbons (Fsp3) is 0.160. The molecule has 158 valence electrons. The lowest BCUT2D eigenvalue weighted by Crippen LogP contribution is -2.33.